The van der Waals surface area contributed by atoms with E-state index in [0.29, 0.717) is 16.7 Å². The van der Waals surface area contributed by atoms with Crippen molar-refractivity contribution in [1.29, 1.82) is 5.26 Å². The Balaban J connectivity index is 2.50. The normalized spacial score (nSPS) is 12.7. The molecule has 2 aromatic rings. The molecule has 0 radical (unpaired) electrons. The highest BCUT2D eigenvalue weighted by atomic mass is 19.3. The number of benzene rings is 2. The first-order chi connectivity index (χ1) is 15.8. The van der Waals surface area contributed by atoms with Gasteiger partial charge in [0, 0.05) is 31.5 Å². The van der Waals surface area contributed by atoms with Crippen LogP contribution in [-0.2, 0) is 24.6 Å². The van der Waals surface area contributed by atoms with E-state index < -0.39 is 24.4 Å². The zero-order valence-electron chi connectivity index (χ0n) is 19.5. The van der Waals surface area contributed by atoms with Crippen LogP contribution < -0.4 is 10.1 Å². The smallest absolute Gasteiger partial charge is 0.270 e. The molecule has 182 valence electrons. The fraction of sp³-hybridized carbons (Fsp3) is 0.346. The SMILES string of the molecule is C=C/C(=C(/C#N)NC)c1cc(CC(F)F)cc(OCc2cc(C(C)(C)F)cc(C(C)(F)F)c2)c1. The van der Waals surface area contributed by atoms with Crippen LogP contribution in [0, 0.1) is 11.3 Å². The Labute approximate surface area is 196 Å². The molecule has 0 unspecified atom stereocenters. The maximum Gasteiger partial charge on any atom is 0.270 e. The van der Waals surface area contributed by atoms with Gasteiger partial charge < -0.3 is 10.1 Å². The number of alkyl halides is 5. The molecule has 0 aliphatic carbocycles. The number of nitriles is 1. The Bertz CT molecular complexity index is 1070. The number of hydrogen-bond acceptors (Lipinski definition) is 3. The van der Waals surface area contributed by atoms with Crippen molar-refractivity contribution in [2.75, 3.05) is 7.05 Å². The molecule has 0 spiro atoms. The highest BCUT2D eigenvalue weighted by molar-refractivity contribution is 5.79. The van der Waals surface area contributed by atoms with Crippen LogP contribution in [0.2, 0.25) is 0 Å². The molecule has 2 rings (SSSR count). The second kappa shape index (κ2) is 10.7. The summed E-state index contributed by atoms with van der Waals surface area (Å²) in [5.74, 6) is -3.00. The van der Waals surface area contributed by atoms with E-state index in [1.807, 2.05) is 6.07 Å². The molecule has 8 heteroatoms. The van der Waals surface area contributed by atoms with Gasteiger partial charge in [-0.3, -0.25) is 0 Å². The van der Waals surface area contributed by atoms with Crippen LogP contribution in [0.1, 0.15) is 48.6 Å². The van der Waals surface area contributed by atoms with E-state index >= 15 is 0 Å². The van der Waals surface area contributed by atoms with Crippen molar-refractivity contribution >= 4 is 5.57 Å². The summed E-state index contributed by atoms with van der Waals surface area (Å²) in [6.07, 6.45) is -1.74. The highest BCUT2D eigenvalue weighted by Crippen LogP contribution is 2.34. The molecule has 0 aliphatic rings. The Morgan fingerprint density at radius 1 is 1.06 bits per heavy atom. The van der Waals surface area contributed by atoms with Crippen molar-refractivity contribution in [1.82, 2.24) is 5.32 Å². The summed E-state index contributed by atoms with van der Waals surface area (Å²) in [6.45, 7) is 6.74. The van der Waals surface area contributed by atoms with E-state index in [1.54, 1.807) is 13.1 Å². The molecule has 3 nitrogen and oxygen atoms in total. The molecule has 0 saturated heterocycles. The zero-order valence-corrected chi connectivity index (χ0v) is 19.5. The molecule has 2 aromatic carbocycles. The number of nitrogens with zero attached hydrogens (tertiary/aromatic N) is 1. The van der Waals surface area contributed by atoms with Crippen LogP contribution in [0.25, 0.3) is 5.57 Å². The summed E-state index contributed by atoms with van der Waals surface area (Å²) in [6, 6.07) is 10.2. The number of hydrogen-bond donors (Lipinski definition) is 1. The van der Waals surface area contributed by atoms with Gasteiger partial charge in [0.05, 0.1) is 0 Å². The standard InChI is InChI=1S/C26H27F5N2O/c1-6-22(23(14-32)33-5)18-7-16(11-24(27)28)10-21(12-18)34-15-17-8-19(25(2,3)29)13-20(9-17)26(4,30)31/h6-10,12-13,24,33H,1,11,15H2,2-5H3/b23-22+. The van der Waals surface area contributed by atoms with Crippen molar-refractivity contribution in [2.24, 2.45) is 0 Å². The highest BCUT2D eigenvalue weighted by Gasteiger charge is 2.28. The van der Waals surface area contributed by atoms with E-state index in [-0.39, 0.29) is 34.7 Å². The molecule has 0 atom stereocenters. The van der Waals surface area contributed by atoms with Gasteiger partial charge in [-0.05, 0) is 66.4 Å². The van der Waals surface area contributed by atoms with Crippen LogP contribution in [0.4, 0.5) is 22.0 Å². The second-order valence-electron chi connectivity index (χ2n) is 8.38. The lowest BCUT2D eigenvalue weighted by molar-refractivity contribution is 0.0170. The third kappa shape index (κ3) is 7.08. The Morgan fingerprint density at radius 2 is 1.71 bits per heavy atom. The fourth-order valence-corrected chi connectivity index (χ4v) is 3.35. The molecule has 0 aromatic heterocycles. The van der Waals surface area contributed by atoms with E-state index in [9.17, 15) is 27.2 Å². The topological polar surface area (TPSA) is 45.0 Å². The number of rotatable bonds is 10. The van der Waals surface area contributed by atoms with Crippen LogP contribution in [0.3, 0.4) is 0 Å². The third-order valence-electron chi connectivity index (χ3n) is 5.09. The zero-order chi connectivity index (χ0) is 25.7. The summed E-state index contributed by atoms with van der Waals surface area (Å²) < 4.78 is 74.4. The van der Waals surface area contributed by atoms with Gasteiger partial charge in [-0.15, -0.1) is 0 Å². The minimum Gasteiger partial charge on any atom is -0.489 e. The van der Waals surface area contributed by atoms with Gasteiger partial charge in [-0.2, -0.15) is 5.26 Å². The Kier molecular flexibility index (Phi) is 8.49. The van der Waals surface area contributed by atoms with Gasteiger partial charge in [-0.1, -0.05) is 18.7 Å². The molecule has 34 heavy (non-hydrogen) atoms. The maximum absolute atomic E-state index is 14.5. The first-order valence-corrected chi connectivity index (χ1v) is 10.5. The second-order valence-corrected chi connectivity index (χ2v) is 8.38. The summed E-state index contributed by atoms with van der Waals surface area (Å²) in [5.41, 5.74) is -0.586. The lowest BCUT2D eigenvalue weighted by Crippen LogP contribution is -2.15. The van der Waals surface area contributed by atoms with E-state index in [2.05, 4.69) is 11.9 Å². The van der Waals surface area contributed by atoms with Crippen molar-refractivity contribution in [2.45, 2.75) is 51.8 Å². The van der Waals surface area contributed by atoms with E-state index in [1.165, 1.54) is 44.2 Å². The molecule has 0 bridgehead atoms. The van der Waals surface area contributed by atoms with Gasteiger partial charge in [0.2, 0.25) is 6.43 Å². The van der Waals surface area contributed by atoms with Crippen LogP contribution in [-0.4, -0.2) is 13.5 Å². The van der Waals surface area contributed by atoms with Crippen molar-refractivity contribution in [3.63, 3.8) is 0 Å². The van der Waals surface area contributed by atoms with Crippen molar-refractivity contribution in [3.8, 4) is 11.8 Å². The van der Waals surface area contributed by atoms with Crippen molar-refractivity contribution < 1.29 is 26.7 Å². The quantitative estimate of drug-likeness (QED) is 0.227. The van der Waals surface area contributed by atoms with Gasteiger partial charge >= 0.3 is 0 Å². The number of allylic oxidation sites excluding steroid dienone is 3. The van der Waals surface area contributed by atoms with Crippen molar-refractivity contribution in [3.05, 3.63) is 82.6 Å². The molecule has 1 N–H and O–H groups in total. The summed E-state index contributed by atoms with van der Waals surface area (Å²) in [5, 5.41) is 12.1. The summed E-state index contributed by atoms with van der Waals surface area (Å²) >= 11 is 0. The monoisotopic (exact) mass is 478 g/mol. The van der Waals surface area contributed by atoms with Gasteiger partial charge in [-0.25, -0.2) is 22.0 Å². The molecule has 0 fully saturated rings. The average Bonchev–Trinajstić information content (AvgIpc) is 2.73. The lowest BCUT2D eigenvalue weighted by atomic mass is 9.94. The molecule has 0 heterocycles. The van der Waals surface area contributed by atoms with Gasteiger partial charge in [0.1, 0.15) is 29.8 Å². The largest absolute Gasteiger partial charge is 0.489 e. The predicted molar refractivity (Wildman–Crippen MR) is 122 cm³/mol. The summed E-state index contributed by atoms with van der Waals surface area (Å²) in [7, 11) is 1.54. The number of halogens is 5. The minimum atomic E-state index is -3.19. The maximum atomic E-state index is 14.5. The molecule has 0 amide bonds. The lowest BCUT2D eigenvalue weighted by Gasteiger charge is -2.20. The third-order valence-corrected chi connectivity index (χ3v) is 5.09. The van der Waals surface area contributed by atoms with Gasteiger partial charge in [0.25, 0.3) is 5.92 Å². The Hall–Kier alpha value is -3.34. The van der Waals surface area contributed by atoms with E-state index in [0.717, 1.165) is 13.0 Å². The van der Waals surface area contributed by atoms with E-state index in [4.69, 9.17) is 4.74 Å². The van der Waals surface area contributed by atoms with Crippen LogP contribution in [0.5, 0.6) is 5.75 Å². The molecular weight excluding hydrogens is 451 g/mol. The van der Waals surface area contributed by atoms with Gasteiger partial charge in [0.15, 0.2) is 0 Å². The first kappa shape index (κ1) is 26.9. The average molecular weight is 479 g/mol. The van der Waals surface area contributed by atoms with Crippen LogP contribution in [0.15, 0.2) is 54.8 Å². The fourth-order valence-electron chi connectivity index (χ4n) is 3.35. The first-order valence-electron chi connectivity index (χ1n) is 10.5. The minimum absolute atomic E-state index is 0.0711. The molecule has 0 saturated carbocycles. The number of nitrogens with one attached hydrogen (secondary N) is 1. The summed E-state index contributed by atoms with van der Waals surface area (Å²) in [4.78, 5) is 0. The van der Waals surface area contributed by atoms with Crippen LogP contribution >= 0.6 is 0 Å². The molecular formula is C26H27F5N2O. The number of ether oxygens (including phenoxy) is 1. The predicted octanol–water partition coefficient (Wildman–Crippen LogP) is 7.03. The molecule has 0 aliphatic heterocycles. The Morgan fingerprint density at radius 3 is 2.21 bits per heavy atom.